The van der Waals surface area contributed by atoms with Crippen LogP contribution in [0.15, 0.2) is 45.7 Å². The number of halogens is 2. The quantitative estimate of drug-likeness (QED) is 0.868. The van der Waals surface area contributed by atoms with Crippen LogP contribution in [0, 0.1) is 5.82 Å². The van der Waals surface area contributed by atoms with E-state index in [1.165, 1.54) is 24.7 Å². The fourth-order valence-electron chi connectivity index (χ4n) is 2.73. The Kier molecular flexibility index (Phi) is 4.99. The molecular formula is C17H16BrFN2O3. The first-order valence-corrected chi connectivity index (χ1v) is 8.41. The molecule has 1 aromatic carbocycles. The van der Waals surface area contributed by atoms with E-state index in [0.29, 0.717) is 36.0 Å². The summed E-state index contributed by atoms with van der Waals surface area (Å²) in [5, 5.41) is 2.84. The summed E-state index contributed by atoms with van der Waals surface area (Å²) in [5.74, 6) is -1.07. The number of piperidine rings is 1. The van der Waals surface area contributed by atoms with Gasteiger partial charge in [0.1, 0.15) is 12.1 Å². The number of benzene rings is 1. The van der Waals surface area contributed by atoms with Crippen molar-refractivity contribution >= 4 is 27.7 Å². The van der Waals surface area contributed by atoms with Crippen molar-refractivity contribution < 1.29 is 18.4 Å². The van der Waals surface area contributed by atoms with Crippen LogP contribution in [-0.2, 0) is 0 Å². The summed E-state index contributed by atoms with van der Waals surface area (Å²) in [6.45, 7) is 1.08. The number of carbonyl (C=O) groups excluding carboxylic acids is 2. The Hall–Kier alpha value is -2.15. The van der Waals surface area contributed by atoms with Gasteiger partial charge in [0.25, 0.3) is 11.8 Å². The van der Waals surface area contributed by atoms with Crippen molar-refractivity contribution in [2.45, 2.75) is 18.9 Å². The molecule has 0 atom stereocenters. The first-order valence-electron chi connectivity index (χ1n) is 7.62. The van der Waals surface area contributed by atoms with E-state index in [-0.39, 0.29) is 17.5 Å². The highest BCUT2D eigenvalue weighted by atomic mass is 79.9. The molecule has 1 fully saturated rings. The zero-order chi connectivity index (χ0) is 17.1. The van der Waals surface area contributed by atoms with Crippen molar-refractivity contribution in [3.05, 3.63) is 58.2 Å². The van der Waals surface area contributed by atoms with E-state index >= 15 is 0 Å². The molecule has 0 aliphatic carbocycles. The summed E-state index contributed by atoms with van der Waals surface area (Å²) < 4.78 is 19.3. The highest BCUT2D eigenvalue weighted by Gasteiger charge is 2.26. The van der Waals surface area contributed by atoms with Gasteiger partial charge >= 0.3 is 0 Å². The summed E-state index contributed by atoms with van der Waals surface area (Å²) in [6, 6.07) is 5.82. The third kappa shape index (κ3) is 3.67. The Morgan fingerprint density at radius 1 is 1.25 bits per heavy atom. The van der Waals surface area contributed by atoms with Crippen molar-refractivity contribution in [2.75, 3.05) is 13.1 Å². The van der Waals surface area contributed by atoms with Gasteiger partial charge in [0.05, 0.1) is 17.4 Å². The molecule has 0 bridgehead atoms. The molecule has 1 N–H and O–H groups in total. The number of nitrogens with one attached hydrogen (secondary N) is 1. The number of furan rings is 1. The molecule has 1 saturated heterocycles. The zero-order valence-corrected chi connectivity index (χ0v) is 14.4. The van der Waals surface area contributed by atoms with Crippen LogP contribution in [-0.4, -0.2) is 35.8 Å². The maximum atomic E-state index is 13.8. The van der Waals surface area contributed by atoms with E-state index in [2.05, 4.69) is 21.2 Å². The van der Waals surface area contributed by atoms with E-state index in [1.54, 1.807) is 17.0 Å². The van der Waals surface area contributed by atoms with Crippen LogP contribution in [0.5, 0.6) is 0 Å². The van der Waals surface area contributed by atoms with E-state index < -0.39 is 11.7 Å². The van der Waals surface area contributed by atoms with Crippen molar-refractivity contribution in [1.29, 1.82) is 0 Å². The fraction of sp³-hybridized carbons (Fsp3) is 0.294. The molecule has 0 spiro atoms. The molecule has 2 amide bonds. The third-order valence-corrected chi connectivity index (χ3v) is 4.55. The van der Waals surface area contributed by atoms with Gasteiger partial charge in [-0.15, -0.1) is 0 Å². The van der Waals surface area contributed by atoms with Gasteiger partial charge in [0.2, 0.25) is 0 Å². The molecule has 5 nitrogen and oxygen atoms in total. The van der Waals surface area contributed by atoms with E-state index in [4.69, 9.17) is 4.42 Å². The molecule has 2 aromatic rings. The summed E-state index contributed by atoms with van der Waals surface area (Å²) in [5.41, 5.74) is 0.537. The molecule has 0 saturated carbocycles. The normalized spacial score (nSPS) is 15.3. The summed E-state index contributed by atoms with van der Waals surface area (Å²) >= 11 is 3.23. The van der Waals surface area contributed by atoms with Crippen LogP contribution < -0.4 is 5.32 Å². The van der Waals surface area contributed by atoms with Crippen molar-refractivity contribution in [3.63, 3.8) is 0 Å². The minimum Gasteiger partial charge on any atom is -0.472 e. The molecule has 2 heterocycles. The molecule has 0 radical (unpaired) electrons. The fourth-order valence-corrected chi connectivity index (χ4v) is 3.09. The van der Waals surface area contributed by atoms with E-state index in [0.717, 1.165) is 0 Å². The van der Waals surface area contributed by atoms with Gasteiger partial charge in [-0.25, -0.2) is 4.39 Å². The third-order valence-electron chi connectivity index (χ3n) is 4.06. The van der Waals surface area contributed by atoms with Crippen LogP contribution in [0.4, 0.5) is 4.39 Å². The molecule has 3 rings (SSSR count). The minimum atomic E-state index is -0.553. The lowest BCUT2D eigenvalue weighted by molar-refractivity contribution is 0.0697. The SMILES string of the molecule is O=C(NC1CCN(C(=O)c2ccoc2)CC1)c1cc(Br)ccc1F. The number of rotatable bonds is 3. The predicted molar refractivity (Wildman–Crippen MR) is 89.2 cm³/mol. The number of amides is 2. The highest BCUT2D eigenvalue weighted by molar-refractivity contribution is 9.10. The average molecular weight is 395 g/mol. The van der Waals surface area contributed by atoms with Crippen LogP contribution in [0.25, 0.3) is 0 Å². The second kappa shape index (κ2) is 7.17. The van der Waals surface area contributed by atoms with Gasteiger partial charge in [0, 0.05) is 23.6 Å². The molecule has 1 aliphatic heterocycles. The van der Waals surface area contributed by atoms with Gasteiger partial charge in [-0.1, -0.05) is 15.9 Å². The zero-order valence-electron chi connectivity index (χ0n) is 12.8. The standard InChI is InChI=1S/C17H16BrFN2O3/c18-12-1-2-15(19)14(9-12)16(22)20-13-3-6-21(7-4-13)17(23)11-5-8-24-10-11/h1-2,5,8-10,13H,3-4,6-7H2,(H,20,22). The first kappa shape index (κ1) is 16.7. The molecular weight excluding hydrogens is 379 g/mol. The van der Waals surface area contributed by atoms with Crippen molar-refractivity contribution in [1.82, 2.24) is 10.2 Å². The lowest BCUT2D eigenvalue weighted by atomic mass is 10.0. The van der Waals surface area contributed by atoms with Gasteiger partial charge < -0.3 is 14.6 Å². The number of hydrogen-bond donors (Lipinski definition) is 1. The highest BCUT2D eigenvalue weighted by Crippen LogP contribution is 2.18. The number of nitrogens with zero attached hydrogens (tertiary/aromatic N) is 1. The second-order valence-corrected chi connectivity index (χ2v) is 6.59. The molecule has 126 valence electrons. The molecule has 1 aliphatic rings. The molecule has 7 heteroatoms. The van der Waals surface area contributed by atoms with Gasteiger partial charge in [-0.2, -0.15) is 0 Å². The first-order chi connectivity index (χ1) is 11.5. The lowest BCUT2D eigenvalue weighted by Gasteiger charge is -2.32. The largest absolute Gasteiger partial charge is 0.472 e. The van der Waals surface area contributed by atoms with Gasteiger partial charge in [0.15, 0.2) is 0 Å². The predicted octanol–water partition coefficient (Wildman–Crippen LogP) is 3.22. The van der Waals surface area contributed by atoms with E-state index in [9.17, 15) is 14.0 Å². The summed E-state index contributed by atoms with van der Waals surface area (Å²) in [4.78, 5) is 26.2. The lowest BCUT2D eigenvalue weighted by Crippen LogP contribution is -2.46. The minimum absolute atomic E-state index is 0.0151. The van der Waals surface area contributed by atoms with Crippen LogP contribution in [0.3, 0.4) is 0 Å². The average Bonchev–Trinajstić information content (AvgIpc) is 3.11. The molecule has 24 heavy (non-hydrogen) atoms. The Morgan fingerprint density at radius 2 is 2.00 bits per heavy atom. The van der Waals surface area contributed by atoms with Crippen molar-refractivity contribution in [3.8, 4) is 0 Å². The van der Waals surface area contributed by atoms with Crippen LogP contribution in [0.2, 0.25) is 0 Å². The number of carbonyl (C=O) groups is 2. The van der Waals surface area contributed by atoms with Crippen LogP contribution >= 0.6 is 15.9 Å². The Labute approximate surface area is 146 Å². The Bertz CT molecular complexity index is 740. The van der Waals surface area contributed by atoms with Gasteiger partial charge in [-0.05, 0) is 37.1 Å². The number of hydrogen-bond acceptors (Lipinski definition) is 3. The summed E-state index contributed by atoms with van der Waals surface area (Å²) in [6.07, 6.45) is 4.15. The van der Waals surface area contributed by atoms with E-state index in [1.807, 2.05) is 0 Å². The smallest absolute Gasteiger partial charge is 0.257 e. The maximum Gasteiger partial charge on any atom is 0.257 e. The monoisotopic (exact) mass is 394 g/mol. The van der Waals surface area contributed by atoms with Gasteiger partial charge in [-0.3, -0.25) is 9.59 Å². The van der Waals surface area contributed by atoms with Crippen LogP contribution in [0.1, 0.15) is 33.6 Å². The topological polar surface area (TPSA) is 62.6 Å². The second-order valence-electron chi connectivity index (χ2n) is 5.68. The van der Waals surface area contributed by atoms with Crippen molar-refractivity contribution in [2.24, 2.45) is 0 Å². The molecule has 0 unspecified atom stereocenters. The molecule has 1 aromatic heterocycles. The Balaban J connectivity index is 1.56. The Morgan fingerprint density at radius 3 is 2.67 bits per heavy atom. The summed E-state index contributed by atoms with van der Waals surface area (Å²) in [7, 11) is 0. The maximum absolute atomic E-state index is 13.8. The number of likely N-dealkylation sites (tertiary alicyclic amines) is 1.